The first-order valence-corrected chi connectivity index (χ1v) is 7.15. The number of carbonyl (C=O) groups excluding carboxylic acids is 1. The van der Waals surface area contributed by atoms with E-state index in [4.69, 9.17) is 16.7 Å². The fourth-order valence-electron chi connectivity index (χ4n) is 1.55. The number of carboxylic acids is 1. The Balaban J connectivity index is 0.00000242. The quantitative estimate of drug-likeness (QED) is 0.628. The minimum atomic E-state index is -1.11. The van der Waals surface area contributed by atoms with E-state index in [-0.39, 0.29) is 73.6 Å². The number of hydrogen-bond acceptors (Lipinski definition) is 5. The average molecular weight is 363 g/mol. The van der Waals surface area contributed by atoms with Gasteiger partial charge in [0.05, 0.1) is 22.8 Å². The van der Waals surface area contributed by atoms with Gasteiger partial charge in [-0.1, -0.05) is 23.7 Å². The summed E-state index contributed by atoms with van der Waals surface area (Å²) in [4.78, 5) is 26.8. The zero-order chi connectivity index (χ0) is 15.2. The van der Waals surface area contributed by atoms with Crippen molar-refractivity contribution in [2.24, 2.45) is 0 Å². The summed E-state index contributed by atoms with van der Waals surface area (Å²) in [6.45, 7) is 0.0179. The van der Waals surface area contributed by atoms with Crippen molar-refractivity contribution in [3.05, 3.63) is 53.2 Å². The maximum absolute atomic E-state index is 11.9. The summed E-state index contributed by atoms with van der Waals surface area (Å²) in [5.41, 5.74) is 0.654. The fraction of sp³-hybridized carbons (Fsp3) is 0.0714. The normalized spacial score (nSPS) is 9.68. The second kappa shape index (κ2) is 9.66. The van der Waals surface area contributed by atoms with Crippen LogP contribution in [-0.2, 0) is 4.79 Å². The number of nitrogens with zero attached hydrogens (tertiary/aromatic N) is 1. The number of carbonyl (C=O) groups is 2. The molecule has 8 heteroatoms. The number of anilines is 1. The number of pyridine rings is 1. The fourth-order valence-corrected chi connectivity index (χ4v) is 2.49. The summed E-state index contributed by atoms with van der Waals surface area (Å²) in [6.07, 6.45) is 1.45. The van der Waals surface area contributed by atoms with Gasteiger partial charge in [0, 0.05) is 6.20 Å². The molecule has 0 aliphatic heterocycles. The predicted molar refractivity (Wildman–Crippen MR) is 89.2 cm³/mol. The minimum absolute atomic E-state index is 0. The molecule has 0 amide bonds. The van der Waals surface area contributed by atoms with Crippen molar-refractivity contribution in [3.63, 3.8) is 0 Å². The summed E-state index contributed by atoms with van der Waals surface area (Å²) in [6, 6.07) is 9.98. The third-order valence-electron chi connectivity index (χ3n) is 2.51. The molecule has 0 saturated carbocycles. The van der Waals surface area contributed by atoms with Gasteiger partial charge in [0.25, 0.3) is 0 Å². The molecule has 1 aromatic heterocycles. The van der Waals surface area contributed by atoms with Crippen molar-refractivity contribution < 1.29 is 14.7 Å². The van der Waals surface area contributed by atoms with Gasteiger partial charge in [0.2, 0.25) is 5.12 Å². The molecular weight excluding hydrogens is 351 g/mol. The first-order valence-electron chi connectivity index (χ1n) is 5.95. The van der Waals surface area contributed by atoms with Crippen LogP contribution in [-0.4, -0.2) is 79.1 Å². The van der Waals surface area contributed by atoms with Crippen molar-refractivity contribution in [2.45, 2.75) is 5.03 Å². The molecule has 0 radical (unpaired) electrons. The van der Waals surface area contributed by atoms with Crippen molar-refractivity contribution >= 4 is 91.5 Å². The number of aromatic nitrogens is 1. The van der Waals surface area contributed by atoms with Crippen molar-refractivity contribution in [1.82, 2.24) is 4.98 Å². The SMILES string of the molecule is O=C(CNc1ccccc1Cl)Sc1ncccc1C(=O)O.[KH]. The van der Waals surface area contributed by atoms with E-state index in [1.807, 2.05) is 0 Å². The Morgan fingerprint density at radius 2 is 1.95 bits per heavy atom. The summed E-state index contributed by atoms with van der Waals surface area (Å²) < 4.78 is 0. The van der Waals surface area contributed by atoms with Gasteiger partial charge in [-0.3, -0.25) is 4.79 Å². The van der Waals surface area contributed by atoms with E-state index in [0.717, 1.165) is 11.8 Å². The molecule has 0 saturated heterocycles. The van der Waals surface area contributed by atoms with Crippen LogP contribution >= 0.6 is 23.4 Å². The van der Waals surface area contributed by atoms with Crippen molar-refractivity contribution in [1.29, 1.82) is 0 Å². The Morgan fingerprint density at radius 1 is 1.23 bits per heavy atom. The summed E-state index contributed by atoms with van der Waals surface area (Å²) in [7, 11) is 0. The van der Waals surface area contributed by atoms with Crippen LogP contribution in [0.2, 0.25) is 5.02 Å². The molecule has 0 unspecified atom stereocenters. The van der Waals surface area contributed by atoms with E-state index < -0.39 is 5.97 Å². The number of rotatable bonds is 5. The molecule has 0 atom stereocenters. The van der Waals surface area contributed by atoms with Crippen LogP contribution in [0.25, 0.3) is 0 Å². The number of aromatic carboxylic acids is 1. The summed E-state index contributed by atoms with van der Waals surface area (Å²) >= 11 is 6.75. The van der Waals surface area contributed by atoms with Crippen LogP contribution in [0.3, 0.4) is 0 Å². The number of thioether (sulfide) groups is 1. The number of hydrogen-bond donors (Lipinski definition) is 2. The van der Waals surface area contributed by atoms with E-state index in [9.17, 15) is 9.59 Å². The Labute approximate surface area is 179 Å². The molecular formula is C14H12ClKN2O3S. The summed E-state index contributed by atoms with van der Waals surface area (Å²) in [5.74, 6) is -1.11. The van der Waals surface area contributed by atoms with E-state index in [1.54, 1.807) is 24.3 Å². The topological polar surface area (TPSA) is 79.3 Å². The van der Waals surface area contributed by atoms with E-state index in [2.05, 4.69) is 10.3 Å². The zero-order valence-corrected chi connectivity index (χ0v) is 12.3. The standard InChI is InChI=1S/C14H11ClN2O3S.K.H/c15-10-5-1-2-6-11(10)17-8-12(18)21-13-9(14(19)20)4-3-7-16-13;;/h1-7,17H,8H2,(H,19,20);;. The number of para-hydroxylation sites is 1. The molecule has 1 aromatic carbocycles. The molecule has 2 rings (SSSR count). The Kier molecular flexibility index (Phi) is 8.62. The van der Waals surface area contributed by atoms with Gasteiger partial charge in [0.1, 0.15) is 5.03 Å². The number of halogens is 1. The van der Waals surface area contributed by atoms with E-state index in [1.165, 1.54) is 18.3 Å². The van der Waals surface area contributed by atoms with Gasteiger partial charge in [-0.15, -0.1) is 0 Å². The molecule has 2 aromatic rings. The van der Waals surface area contributed by atoms with E-state index in [0.29, 0.717) is 10.7 Å². The van der Waals surface area contributed by atoms with Gasteiger partial charge in [-0.2, -0.15) is 0 Å². The molecule has 0 bridgehead atoms. The molecule has 0 fully saturated rings. The zero-order valence-electron chi connectivity index (χ0n) is 10.7. The third kappa shape index (κ3) is 5.66. The molecule has 22 heavy (non-hydrogen) atoms. The molecule has 2 N–H and O–H groups in total. The maximum atomic E-state index is 11.9. The molecule has 0 aliphatic rings. The monoisotopic (exact) mass is 362 g/mol. The average Bonchev–Trinajstić information content (AvgIpc) is 2.47. The van der Waals surface area contributed by atoms with E-state index >= 15 is 0 Å². The van der Waals surface area contributed by atoms with Crippen LogP contribution in [0.4, 0.5) is 5.69 Å². The molecule has 5 nitrogen and oxygen atoms in total. The van der Waals surface area contributed by atoms with Crippen LogP contribution < -0.4 is 5.32 Å². The number of benzene rings is 1. The van der Waals surface area contributed by atoms with Gasteiger partial charge in [-0.05, 0) is 36.0 Å². The van der Waals surface area contributed by atoms with Gasteiger partial charge in [-0.25, -0.2) is 9.78 Å². The first kappa shape index (κ1) is 19.6. The Morgan fingerprint density at radius 3 is 2.64 bits per heavy atom. The van der Waals surface area contributed by atoms with Crippen molar-refractivity contribution in [3.8, 4) is 0 Å². The number of nitrogens with one attached hydrogen (secondary N) is 1. The second-order valence-corrected chi connectivity index (χ2v) is 5.42. The molecule has 1 heterocycles. The molecule has 0 aliphatic carbocycles. The predicted octanol–water partition coefficient (Wildman–Crippen LogP) is 2.52. The van der Waals surface area contributed by atoms with Gasteiger partial charge in [0.15, 0.2) is 0 Å². The van der Waals surface area contributed by atoms with Crippen LogP contribution in [0, 0.1) is 0 Å². The second-order valence-electron chi connectivity index (χ2n) is 3.97. The Bertz CT molecular complexity index is 685. The molecule has 110 valence electrons. The van der Waals surface area contributed by atoms with Crippen LogP contribution in [0.5, 0.6) is 0 Å². The van der Waals surface area contributed by atoms with Crippen molar-refractivity contribution in [2.75, 3.05) is 11.9 Å². The molecule has 0 spiro atoms. The van der Waals surface area contributed by atoms with Crippen LogP contribution in [0.1, 0.15) is 10.4 Å². The first-order chi connectivity index (χ1) is 10.1. The third-order valence-corrected chi connectivity index (χ3v) is 3.73. The Hall–Kier alpha value is -0.414. The summed E-state index contributed by atoms with van der Waals surface area (Å²) in [5, 5.41) is 12.4. The van der Waals surface area contributed by atoms with Gasteiger partial charge >= 0.3 is 57.4 Å². The number of carboxylic acid groups (broad SMARTS) is 1. The van der Waals surface area contributed by atoms with Gasteiger partial charge < -0.3 is 10.4 Å². The van der Waals surface area contributed by atoms with Crippen LogP contribution in [0.15, 0.2) is 47.6 Å².